The molecule has 1 saturated carbocycles. The lowest BCUT2D eigenvalue weighted by Crippen LogP contribution is -2.27. The normalized spacial score (nSPS) is 15.0. The summed E-state index contributed by atoms with van der Waals surface area (Å²) in [6.07, 6.45) is 1.72. The Morgan fingerprint density at radius 1 is 0.970 bits per heavy atom. The van der Waals surface area contributed by atoms with Gasteiger partial charge >= 0.3 is 0 Å². The quantitative estimate of drug-likeness (QED) is 0.471. The Kier molecular flexibility index (Phi) is 6.07. The van der Waals surface area contributed by atoms with Crippen molar-refractivity contribution in [3.8, 4) is 28.4 Å². The summed E-state index contributed by atoms with van der Waals surface area (Å²) in [7, 11) is 0. The Hall–Kier alpha value is -3.47. The number of aryl methyl sites for hydroxylation is 1. The van der Waals surface area contributed by atoms with Gasteiger partial charge in [0.25, 0.3) is 0 Å². The molecule has 0 saturated heterocycles. The molecule has 3 aromatic carbocycles. The maximum atomic E-state index is 13.3. The van der Waals surface area contributed by atoms with E-state index in [0.717, 1.165) is 52.3 Å². The summed E-state index contributed by atoms with van der Waals surface area (Å²) in [4.78, 5) is 13.3. The number of amides is 1. The van der Waals surface area contributed by atoms with Crippen molar-refractivity contribution in [3.63, 3.8) is 0 Å². The van der Waals surface area contributed by atoms with Crippen LogP contribution in [0.4, 0.5) is 5.69 Å². The molecule has 5 heteroatoms. The highest BCUT2D eigenvalue weighted by atomic mass is 16.7. The van der Waals surface area contributed by atoms with Crippen molar-refractivity contribution in [2.45, 2.75) is 52.6 Å². The summed E-state index contributed by atoms with van der Waals surface area (Å²) in [5.74, 6) is 2.29. The number of anilines is 1. The van der Waals surface area contributed by atoms with E-state index in [1.54, 1.807) is 0 Å². The molecule has 5 nitrogen and oxygen atoms in total. The molecule has 0 spiro atoms. The monoisotopic (exact) mass is 445 g/mol. The fourth-order valence-corrected chi connectivity index (χ4v) is 4.25. The topological polar surface area (TPSA) is 56.8 Å². The van der Waals surface area contributed by atoms with Gasteiger partial charge in [-0.1, -0.05) is 37.8 Å². The lowest BCUT2D eigenvalue weighted by Gasteiger charge is -2.19. The maximum absolute atomic E-state index is 13.3. The van der Waals surface area contributed by atoms with Crippen molar-refractivity contribution >= 4 is 11.6 Å². The van der Waals surface area contributed by atoms with Gasteiger partial charge in [0.2, 0.25) is 12.7 Å². The van der Waals surface area contributed by atoms with E-state index in [0.29, 0.717) is 5.75 Å². The van der Waals surface area contributed by atoms with Gasteiger partial charge < -0.3 is 19.5 Å². The SMILES string of the molecule is C.Cc1ccc(NC(=O)C2(c3ccc4c(c3)OCO4)CC2)cc1-c1ccccc1OC(C)C. The number of carbonyl (C=O) groups excluding carboxylic acids is 1. The number of hydrogen-bond donors (Lipinski definition) is 1. The number of para-hydroxylation sites is 1. The summed E-state index contributed by atoms with van der Waals surface area (Å²) in [6.45, 7) is 6.34. The zero-order valence-corrected chi connectivity index (χ0v) is 18.6. The third kappa shape index (κ3) is 4.28. The van der Waals surface area contributed by atoms with Crippen LogP contribution in [-0.4, -0.2) is 18.8 Å². The van der Waals surface area contributed by atoms with E-state index >= 15 is 0 Å². The van der Waals surface area contributed by atoms with Crippen LogP contribution in [0.25, 0.3) is 11.1 Å². The fraction of sp³-hybridized carbons (Fsp3) is 0.321. The van der Waals surface area contributed by atoms with E-state index in [2.05, 4.69) is 18.3 Å². The molecule has 1 heterocycles. The second-order valence-electron chi connectivity index (χ2n) is 8.80. The minimum absolute atomic E-state index is 0. The molecule has 5 rings (SSSR count). The summed E-state index contributed by atoms with van der Waals surface area (Å²) in [5.41, 5.74) is 4.44. The maximum Gasteiger partial charge on any atom is 0.235 e. The van der Waals surface area contributed by atoms with Crippen molar-refractivity contribution in [1.29, 1.82) is 0 Å². The second kappa shape index (κ2) is 8.81. The molecular formula is C28H31NO4. The van der Waals surface area contributed by atoms with E-state index in [4.69, 9.17) is 14.2 Å². The Balaban J connectivity index is 0.00000259. The van der Waals surface area contributed by atoms with E-state index in [1.165, 1.54) is 0 Å². The van der Waals surface area contributed by atoms with Gasteiger partial charge in [-0.05, 0) is 80.6 Å². The molecule has 0 atom stereocenters. The molecular weight excluding hydrogens is 414 g/mol. The Labute approximate surface area is 195 Å². The highest BCUT2D eigenvalue weighted by Gasteiger charge is 2.51. The van der Waals surface area contributed by atoms with Gasteiger partial charge in [-0.25, -0.2) is 0 Å². The van der Waals surface area contributed by atoms with Gasteiger partial charge in [-0.15, -0.1) is 0 Å². The predicted octanol–water partition coefficient (Wildman–Crippen LogP) is 6.48. The van der Waals surface area contributed by atoms with Gasteiger partial charge in [-0.3, -0.25) is 4.79 Å². The number of fused-ring (bicyclic) bond motifs is 1. The van der Waals surface area contributed by atoms with Crippen molar-refractivity contribution in [2.24, 2.45) is 0 Å². The van der Waals surface area contributed by atoms with Crippen molar-refractivity contribution in [3.05, 3.63) is 71.8 Å². The second-order valence-corrected chi connectivity index (χ2v) is 8.80. The highest BCUT2D eigenvalue weighted by Crippen LogP contribution is 2.51. The Morgan fingerprint density at radius 2 is 1.73 bits per heavy atom. The van der Waals surface area contributed by atoms with Crippen molar-refractivity contribution in [1.82, 2.24) is 0 Å². The van der Waals surface area contributed by atoms with Crippen LogP contribution in [0.1, 0.15) is 45.2 Å². The van der Waals surface area contributed by atoms with E-state index in [1.807, 2.05) is 68.4 Å². The van der Waals surface area contributed by atoms with E-state index in [-0.39, 0.29) is 26.2 Å². The van der Waals surface area contributed by atoms with Crippen LogP contribution in [0.3, 0.4) is 0 Å². The zero-order valence-electron chi connectivity index (χ0n) is 18.6. The minimum Gasteiger partial charge on any atom is -0.490 e. The standard InChI is InChI=1S/C27H27NO4.CH4/c1-17(2)32-23-7-5-4-6-21(23)22-15-20(10-8-18(22)3)28-26(29)27(12-13-27)19-9-11-24-25(14-19)31-16-30-24;/h4-11,14-15,17H,12-13,16H2,1-3H3,(H,28,29);1H4. The average Bonchev–Trinajstić information content (AvgIpc) is 3.46. The van der Waals surface area contributed by atoms with Crippen LogP contribution in [0.5, 0.6) is 17.2 Å². The largest absolute Gasteiger partial charge is 0.490 e. The lowest BCUT2D eigenvalue weighted by atomic mass is 9.94. The third-order valence-corrected chi connectivity index (χ3v) is 6.15. The molecule has 0 unspecified atom stereocenters. The summed E-state index contributed by atoms with van der Waals surface area (Å²) < 4.78 is 16.9. The first-order valence-electron chi connectivity index (χ1n) is 11.0. The number of carbonyl (C=O) groups is 1. The first-order valence-corrected chi connectivity index (χ1v) is 11.0. The molecule has 1 fully saturated rings. The number of benzene rings is 3. The lowest BCUT2D eigenvalue weighted by molar-refractivity contribution is -0.118. The molecule has 3 aromatic rings. The number of ether oxygens (including phenoxy) is 3. The van der Waals surface area contributed by atoms with Crippen LogP contribution in [0.2, 0.25) is 0 Å². The van der Waals surface area contributed by atoms with E-state index in [9.17, 15) is 4.79 Å². The van der Waals surface area contributed by atoms with Crippen LogP contribution in [-0.2, 0) is 10.2 Å². The van der Waals surface area contributed by atoms with Gasteiger partial charge in [0.1, 0.15) is 5.75 Å². The van der Waals surface area contributed by atoms with Crippen LogP contribution >= 0.6 is 0 Å². The molecule has 1 amide bonds. The Bertz CT molecular complexity index is 1180. The number of hydrogen-bond acceptors (Lipinski definition) is 4. The molecule has 2 aliphatic rings. The number of rotatable bonds is 6. The van der Waals surface area contributed by atoms with Gasteiger partial charge in [0.05, 0.1) is 11.5 Å². The molecule has 0 bridgehead atoms. The fourth-order valence-electron chi connectivity index (χ4n) is 4.25. The zero-order chi connectivity index (χ0) is 22.3. The van der Waals surface area contributed by atoms with Crippen LogP contribution in [0.15, 0.2) is 60.7 Å². The minimum atomic E-state index is -0.509. The van der Waals surface area contributed by atoms with Crippen LogP contribution in [0, 0.1) is 6.92 Å². The average molecular weight is 446 g/mol. The smallest absolute Gasteiger partial charge is 0.235 e. The van der Waals surface area contributed by atoms with Gasteiger partial charge in [0, 0.05) is 11.3 Å². The summed E-state index contributed by atoms with van der Waals surface area (Å²) in [6, 6.07) is 19.9. The first-order chi connectivity index (χ1) is 15.5. The summed E-state index contributed by atoms with van der Waals surface area (Å²) in [5, 5.41) is 3.16. The Morgan fingerprint density at radius 3 is 2.48 bits per heavy atom. The highest BCUT2D eigenvalue weighted by molar-refractivity contribution is 6.02. The first kappa shape index (κ1) is 22.7. The number of nitrogens with one attached hydrogen (secondary N) is 1. The molecule has 0 aromatic heterocycles. The molecule has 33 heavy (non-hydrogen) atoms. The predicted molar refractivity (Wildman–Crippen MR) is 131 cm³/mol. The van der Waals surface area contributed by atoms with Gasteiger partial charge in [-0.2, -0.15) is 0 Å². The molecule has 172 valence electrons. The molecule has 1 aliphatic heterocycles. The molecule has 1 aliphatic carbocycles. The third-order valence-electron chi connectivity index (χ3n) is 6.15. The molecule has 0 radical (unpaired) electrons. The van der Waals surface area contributed by atoms with Crippen molar-refractivity contribution in [2.75, 3.05) is 12.1 Å². The summed E-state index contributed by atoms with van der Waals surface area (Å²) >= 11 is 0. The van der Waals surface area contributed by atoms with E-state index < -0.39 is 5.41 Å². The van der Waals surface area contributed by atoms with Crippen LogP contribution < -0.4 is 19.5 Å². The van der Waals surface area contributed by atoms with Gasteiger partial charge in [0.15, 0.2) is 11.5 Å². The molecule has 1 N–H and O–H groups in total. The van der Waals surface area contributed by atoms with Crippen molar-refractivity contribution < 1.29 is 19.0 Å².